The van der Waals surface area contributed by atoms with Gasteiger partial charge >= 0.3 is 0 Å². The van der Waals surface area contributed by atoms with Gasteiger partial charge in [-0.3, -0.25) is 0 Å². The van der Waals surface area contributed by atoms with Crippen LogP contribution in [0.1, 0.15) is 12.5 Å². The maximum Gasteiger partial charge on any atom is 0.151 e. The van der Waals surface area contributed by atoms with Gasteiger partial charge in [0.25, 0.3) is 0 Å². The first-order valence-electron chi connectivity index (χ1n) is 5.70. The summed E-state index contributed by atoms with van der Waals surface area (Å²) in [5.41, 5.74) is -0.468. The molecule has 0 saturated carbocycles. The number of hydrogen-bond donors (Lipinski definition) is 1. The van der Waals surface area contributed by atoms with Gasteiger partial charge in [0.05, 0.1) is 0 Å². The molecule has 0 amide bonds. The van der Waals surface area contributed by atoms with Gasteiger partial charge in [0.2, 0.25) is 0 Å². The van der Waals surface area contributed by atoms with E-state index in [2.05, 4.69) is 12.0 Å². The van der Waals surface area contributed by atoms with E-state index in [0.29, 0.717) is 5.75 Å². The Bertz CT molecular complexity index is 548. The Kier molecular flexibility index (Phi) is 3.66. The van der Waals surface area contributed by atoms with Gasteiger partial charge in [-0.1, -0.05) is 48.5 Å². The number of para-hydroxylation sites is 1. The van der Waals surface area contributed by atoms with Gasteiger partial charge in [0, 0.05) is 0 Å². The molecule has 0 bridgehead atoms. The molecule has 0 aromatic heterocycles. The fourth-order valence-electron chi connectivity index (χ4n) is 1.51. The summed E-state index contributed by atoms with van der Waals surface area (Å²) in [5.74, 6) is 3.37. The van der Waals surface area contributed by atoms with E-state index in [9.17, 15) is 5.11 Å². The molecule has 0 spiro atoms. The van der Waals surface area contributed by atoms with Crippen LogP contribution in [-0.2, 0) is 5.60 Å². The number of hydrogen-bond acceptors (Lipinski definition) is 2. The van der Waals surface area contributed by atoms with Gasteiger partial charge in [0.1, 0.15) is 11.9 Å². The van der Waals surface area contributed by atoms with Crippen molar-refractivity contribution >= 4 is 0 Å². The lowest BCUT2D eigenvalue weighted by molar-refractivity contribution is 0.121. The minimum absolute atomic E-state index is 0.661. The smallest absolute Gasteiger partial charge is 0.151 e. The molecule has 0 saturated heterocycles. The highest BCUT2D eigenvalue weighted by atomic mass is 16.5. The second-order valence-electron chi connectivity index (χ2n) is 4.08. The topological polar surface area (TPSA) is 29.5 Å². The second-order valence-corrected chi connectivity index (χ2v) is 4.08. The summed E-state index contributed by atoms with van der Waals surface area (Å²) in [6.45, 7) is 1.64. The highest BCUT2D eigenvalue weighted by Gasteiger charge is 2.19. The molecule has 0 radical (unpaired) electrons. The van der Waals surface area contributed by atoms with Crippen LogP contribution in [0.5, 0.6) is 5.75 Å². The first kappa shape index (κ1) is 12.2. The Morgan fingerprint density at radius 2 is 1.50 bits per heavy atom. The van der Waals surface area contributed by atoms with Crippen LogP contribution in [-0.4, -0.2) is 5.11 Å². The van der Waals surface area contributed by atoms with Crippen LogP contribution in [0, 0.1) is 12.0 Å². The van der Waals surface area contributed by atoms with Gasteiger partial charge in [-0.15, -0.1) is 0 Å². The zero-order valence-corrected chi connectivity index (χ0v) is 10.1. The molecule has 1 atom stereocenters. The van der Waals surface area contributed by atoms with Crippen LogP contribution in [0.15, 0.2) is 60.7 Å². The average Bonchev–Trinajstić information content (AvgIpc) is 2.41. The maximum absolute atomic E-state index is 10.2. The van der Waals surface area contributed by atoms with E-state index >= 15 is 0 Å². The number of ether oxygens (including phenoxy) is 1. The van der Waals surface area contributed by atoms with Gasteiger partial charge in [-0.05, 0) is 30.5 Å². The highest BCUT2D eigenvalue weighted by Crippen LogP contribution is 2.18. The summed E-state index contributed by atoms with van der Waals surface area (Å²) in [6.07, 6.45) is 2.54. The predicted octanol–water partition coefficient (Wildman–Crippen LogP) is 2.93. The Hall–Kier alpha value is -2.24. The molecule has 1 N–H and O–H groups in total. The Morgan fingerprint density at radius 1 is 0.944 bits per heavy atom. The number of benzene rings is 2. The molecular formula is C16H14O2. The van der Waals surface area contributed by atoms with E-state index in [1.165, 1.54) is 0 Å². The fraction of sp³-hybridized carbons (Fsp3) is 0.125. The van der Waals surface area contributed by atoms with Crippen LogP contribution in [0.2, 0.25) is 0 Å². The molecule has 2 rings (SSSR count). The minimum atomic E-state index is -1.21. The molecule has 1 unspecified atom stereocenters. The summed E-state index contributed by atoms with van der Waals surface area (Å²) in [6, 6.07) is 18.5. The molecule has 18 heavy (non-hydrogen) atoms. The standard InChI is InChI=1S/C16H14O2/c1-16(17,14-8-4-2-5-9-14)12-13-18-15-10-6-3-7-11-15/h2-11,17H,1H3. The molecule has 0 heterocycles. The normalized spacial score (nSPS) is 13.0. The zero-order valence-electron chi connectivity index (χ0n) is 10.1. The number of aliphatic hydroxyl groups is 1. The van der Waals surface area contributed by atoms with Crippen molar-refractivity contribution in [2.45, 2.75) is 12.5 Å². The van der Waals surface area contributed by atoms with Crippen molar-refractivity contribution in [1.82, 2.24) is 0 Å². The largest absolute Gasteiger partial charge is 0.407 e. The molecule has 2 aromatic carbocycles. The van der Waals surface area contributed by atoms with Crippen LogP contribution >= 0.6 is 0 Å². The van der Waals surface area contributed by atoms with Crippen molar-refractivity contribution in [1.29, 1.82) is 0 Å². The maximum atomic E-state index is 10.2. The molecule has 2 aromatic rings. The highest BCUT2D eigenvalue weighted by molar-refractivity contribution is 5.31. The monoisotopic (exact) mass is 238 g/mol. The molecule has 2 nitrogen and oxygen atoms in total. The lowest BCUT2D eigenvalue weighted by atomic mass is 9.97. The third-order valence-corrected chi connectivity index (χ3v) is 2.54. The van der Waals surface area contributed by atoms with Crippen LogP contribution in [0.4, 0.5) is 0 Å². The van der Waals surface area contributed by atoms with E-state index in [-0.39, 0.29) is 0 Å². The molecule has 0 aliphatic heterocycles. The lowest BCUT2D eigenvalue weighted by Gasteiger charge is -2.15. The molecule has 0 aliphatic carbocycles. The van der Waals surface area contributed by atoms with Crippen molar-refractivity contribution in [2.75, 3.05) is 0 Å². The van der Waals surface area contributed by atoms with E-state index in [0.717, 1.165) is 5.56 Å². The SMILES string of the molecule is CC(O)(C#COc1ccccc1)c1ccccc1. The van der Waals surface area contributed by atoms with Crippen LogP contribution in [0.3, 0.4) is 0 Å². The van der Waals surface area contributed by atoms with Gasteiger partial charge in [-0.25, -0.2) is 0 Å². The minimum Gasteiger partial charge on any atom is -0.407 e. The van der Waals surface area contributed by atoms with Crippen molar-refractivity contribution in [3.05, 3.63) is 66.2 Å². The van der Waals surface area contributed by atoms with E-state index < -0.39 is 5.60 Å². The van der Waals surface area contributed by atoms with E-state index in [1.807, 2.05) is 60.7 Å². The molecule has 2 heteroatoms. The zero-order chi connectivity index (χ0) is 12.8. The second kappa shape index (κ2) is 5.39. The van der Waals surface area contributed by atoms with Crippen molar-refractivity contribution in [3.8, 4) is 17.8 Å². The van der Waals surface area contributed by atoms with Gasteiger partial charge in [0.15, 0.2) is 5.60 Å². The fourth-order valence-corrected chi connectivity index (χ4v) is 1.51. The summed E-state index contributed by atoms with van der Waals surface area (Å²) >= 11 is 0. The summed E-state index contributed by atoms with van der Waals surface area (Å²) in [5, 5.41) is 10.2. The first-order chi connectivity index (χ1) is 8.68. The van der Waals surface area contributed by atoms with Crippen molar-refractivity contribution in [2.24, 2.45) is 0 Å². The first-order valence-corrected chi connectivity index (χ1v) is 5.70. The quantitative estimate of drug-likeness (QED) is 0.815. The van der Waals surface area contributed by atoms with Crippen LogP contribution < -0.4 is 4.74 Å². The number of rotatable bonds is 2. The Balaban J connectivity index is 2.10. The average molecular weight is 238 g/mol. The third kappa shape index (κ3) is 3.13. The molecule has 0 fully saturated rings. The van der Waals surface area contributed by atoms with Crippen LogP contribution in [0.25, 0.3) is 0 Å². The van der Waals surface area contributed by atoms with Gasteiger partial charge < -0.3 is 9.84 Å². The summed E-state index contributed by atoms with van der Waals surface area (Å²) in [7, 11) is 0. The lowest BCUT2D eigenvalue weighted by Crippen LogP contribution is -2.18. The predicted molar refractivity (Wildman–Crippen MR) is 70.9 cm³/mol. The Labute approximate surface area is 107 Å². The third-order valence-electron chi connectivity index (χ3n) is 2.54. The van der Waals surface area contributed by atoms with Crippen molar-refractivity contribution < 1.29 is 9.84 Å². The summed E-state index contributed by atoms with van der Waals surface area (Å²) in [4.78, 5) is 0. The Morgan fingerprint density at radius 3 is 2.11 bits per heavy atom. The molecule has 0 aliphatic rings. The van der Waals surface area contributed by atoms with E-state index in [1.54, 1.807) is 6.92 Å². The summed E-state index contributed by atoms with van der Waals surface area (Å²) < 4.78 is 5.24. The van der Waals surface area contributed by atoms with Gasteiger partial charge in [-0.2, -0.15) is 0 Å². The molecule has 90 valence electrons. The molecular weight excluding hydrogens is 224 g/mol. The van der Waals surface area contributed by atoms with Crippen molar-refractivity contribution in [3.63, 3.8) is 0 Å². The van der Waals surface area contributed by atoms with E-state index in [4.69, 9.17) is 4.74 Å².